The van der Waals surface area contributed by atoms with Crippen LogP contribution in [0.1, 0.15) is 21.5 Å². The van der Waals surface area contributed by atoms with Crippen molar-refractivity contribution >= 4 is 17.3 Å². The van der Waals surface area contributed by atoms with Crippen LogP contribution in [0.4, 0.5) is 0 Å². The van der Waals surface area contributed by atoms with E-state index in [1.807, 2.05) is 0 Å². The number of carbonyl (C=O) groups excluding carboxylic acids is 1. The quantitative estimate of drug-likeness (QED) is 0.726. The maximum absolute atomic E-state index is 11.1. The van der Waals surface area contributed by atoms with Crippen LogP contribution in [-0.2, 0) is 11.3 Å². The average molecular weight is 186 g/mol. The standard InChI is InChI=1S/C8H10O3S/c1-2-11-8(10)7-4-3-6(5-9)12-7/h3-4,9H,2,5H2,1H3. The molecule has 1 rings (SSSR count). The van der Waals surface area contributed by atoms with E-state index in [1.165, 1.54) is 11.3 Å². The van der Waals surface area contributed by atoms with Crippen LogP contribution in [0.5, 0.6) is 0 Å². The lowest BCUT2D eigenvalue weighted by atomic mass is 10.4. The first-order chi connectivity index (χ1) is 5.77. The van der Waals surface area contributed by atoms with Crippen molar-refractivity contribution in [3.63, 3.8) is 0 Å². The predicted molar refractivity (Wildman–Crippen MR) is 46.2 cm³/mol. The molecule has 0 unspecified atom stereocenters. The molecule has 0 aliphatic carbocycles. The van der Waals surface area contributed by atoms with Crippen molar-refractivity contribution in [2.75, 3.05) is 6.61 Å². The van der Waals surface area contributed by atoms with E-state index in [-0.39, 0.29) is 12.6 Å². The fraction of sp³-hybridized carbons (Fsp3) is 0.375. The van der Waals surface area contributed by atoms with Crippen molar-refractivity contribution < 1.29 is 14.6 Å². The summed E-state index contributed by atoms with van der Waals surface area (Å²) in [5, 5.41) is 8.72. The minimum Gasteiger partial charge on any atom is -0.462 e. The minimum absolute atomic E-state index is 0.0237. The highest BCUT2D eigenvalue weighted by Crippen LogP contribution is 2.16. The van der Waals surface area contributed by atoms with Gasteiger partial charge in [-0.3, -0.25) is 0 Å². The summed E-state index contributed by atoms with van der Waals surface area (Å²) in [5.74, 6) is -0.317. The molecule has 0 aromatic carbocycles. The van der Waals surface area contributed by atoms with Gasteiger partial charge in [0.1, 0.15) is 4.88 Å². The second kappa shape index (κ2) is 4.23. The monoisotopic (exact) mass is 186 g/mol. The van der Waals surface area contributed by atoms with E-state index in [4.69, 9.17) is 9.84 Å². The number of aliphatic hydroxyl groups excluding tert-OH is 1. The lowest BCUT2D eigenvalue weighted by Crippen LogP contribution is -2.01. The highest BCUT2D eigenvalue weighted by Gasteiger charge is 2.08. The molecule has 1 aromatic heterocycles. The van der Waals surface area contributed by atoms with Gasteiger partial charge in [-0.1, -0.05) is 0 Å². The van der Waals surface area contributed by atoms with Gasteiger partial charge in [0, 0.05) is 4.88 Å². The first-order valence-corrected chi connectivity index (χ1v) is 4.46. The molecule has 4 heteroatoms. The Hall–Kier alpha value is -0.870. The van der Waals surface area contributed by atoms with Crippen LogP contribution in [-0.4, -0.2) is 17.7 Å². The summed E-state index contributed by atoms with van der Waals surface area (Å²) in [6, 6.07) is 3.38. The largest absolute Gasteiger partial charge is 0.462 e. The van der Waals surface area contributed by atoms with Crippen molar-refractivity contribution in [1.29, 1.82) is 0 Å². The van der Waals surface area contributed by atoms with Crippen molar-refractivity contribution in [3.05, 3.63) is 21.9 Å². The highest BCUT2D eigenvalue weighted by atomic mass is 32.1. The smallest absolute Gasteiger partial charge is 0.348 e. The molecule has 0 bridgehead atoms. The van der Waals surface area contributed by atoms with E-state index in [0.29, 0.717) is 11.5 Å². The molecule has 0 spiro atoms. The molecule has 0 aliphatic heterocycles. The van der Waals surface area contributed by atoms with Crippen molar-refractivity contribution in [1.82, 2.24) is 0 Å². The molecule has 0 radical (unpaired) electrons. The number of thiophene rings is 1. The maximum atomic E-state index is 11.1. The van der Waals surface area contributed by atoms with Gasteiger partial charge in [-0.25, -0.2) is 4.79 Å². The first kappa shape index (κ1) is 9.22. The fourth-order valence-corrected chi connectivity index (χ4v) is 1.54. The van der Waals surface area contributed by atoms with E-state index in [1.54, 1.807) is 19.1 Å². The number of ether oxygens (including phenoxy) is 1. The molecule has 1 heterocycles. The zero-order chi connectivity index (χ0) is 8.97. The zero-order valence-electron chi connectivity index (χ0n) is 6.74. The Morgan fingerprint density at radius 1 is 1.67 bits per heavy atom. The molecule has 0 saturated heterocycles. The molecule has 1 N–H and O–H groups in total. The molecule has 0 atom stereocenters. The highest BCUT2D eigenvalue weighted by molar-refractivity contribution is 7.13. The molecular formula is C8H10O3S. The normalized spacial score (nSPS) is 9.83. The third-order valence-corrected chi connectivity index (χ3v) is 2.34. The maximum Gasteiger partial charge on any atom is 0.348 e. The number of hydrogen-bond acceptors (Lipinski definition) is 4. The van der Waals surface area contributed by atoms with Gasteiger partial charge >= 0.3 is 5.97 Å². The second-order valence-corrected chi connectivity index (χ2v) is 3.31. The summed E-state index contributed by atoms with van der Waals surface area (Å²) >= 11 is 1.26. The van der Waals surface area contributed by atoms with Crippen LogP contribution >= 0.6 is 11.3 Å². The molecule has 3 nitrogen and oxygen atoms in total. The molecule has 0 aliphatic rings. The average Bonchev–Trinajstić information content (AvgIpc) is 2.52. The Kier molecular flexibility index (Phi) is 3.25. The Morgan fingerprint density at radius 2 is 2.42 bits per heavy atom. The molecule has 66 valence electrons. The van der Waals surface area contributed by atoms with E-state index in [2.05, 4.69) is 0 Å². The first-order valence-electron chi connectivity index (χ1n) is 3.64. The number of hydrogen-bond donors (Lipinski definition) is 1. The summed E-state index contributed by atoms with van der Waals surface area (Å²) in [4.78, 5) is 12.4. The predicted octanol–water partition coefficient (Wildman–Crippen LogP) is 1.42. The van der Waals surface area contributed by atoms with Crippen molar-refractivity contribution in [3.8, 4) is 0 Å². The Labute approximate surface area is 74.6 Å². The SMILES string of the molecule is CCOC(=O)c1ccc(CO)s1. The molecular weight excluding hydrogens is 176 g/mol. The van der Waals surface area contributed by atoms with Gasteiger partial charge in [-0.15, -0.1) is 11.3 Å². The van der Waals surface area contributed by atoms with Crippen molar-refractivity contribution in [2.24, 2.45) is 0 Å². The van der Waals surface area contributed by atoms with E-state index >= 15 is 0 Å². The Bertz CT molecular complexity index is 267. The summed E-state index contributed by atoms with van der Waals surface area (Å²) < 4.78 is 4.78. The van der Waals surface area contributed by atoms with E-state index < -0.39 is 0 Å². The van der Waals surface area contributed by atoms with Crippen LogP contribution in [0.3, 0.4) is 0 Å². The summed E-state index contributed by atoms with van der Waals surface area (Å²) in [7, 11) is 0. The molecule has 0 amide bonds. The third kappa shape index (κ3) is 2.06. The Balaban J connectivity index is 2.68. The zero-order valence-corrected chi connectivity index (χ0v) is 7.56. The van der Waals surface area contributed by atoms with E-state index in [9.17, 15) is 4.79 Å². The van der Waals surface area contributed by atoms with E-state index in [0.717, 1.165) is 4.88 Å². The second-order valence-electron chi connectivity index (χ2n) is 2.14. The van der Waals surface area contributed by atoms with Gasteiger partial charge in [0.25, 0.3) is 0 Å². The van der Waals surface area contributed by atoms with Crippen molar-refractivity contribution in [2.45, 2.75) is 13.5 Å². The minimum atomic E-state index is -0.317. The summed E-state index contributed by atoms with van der Waals surface area (Å²) in [5.41, 5.74) is 0. The topological polar surface area (TPSA) is 46.5 Å². The van der Waals surface area contributed by atoms with Gasteiger partial charge < -0.3 is 9.84 Å². The number of aliphatic hydroxyl groups is 1. The number of esters is 1. The van der Waals surface area contributed by atoms with Crippen LogP contribution in [0, 0.1) is 0 Å². The fourth-order valence-electron chi connectivity index (χ4n) is 0.775. The summed E-state index contributed by atoms with van der Waals surface area (Å²) in [6.45, 7) is 2.12. The lowest BCUT2D eigenvalue weighted by molar-refractivity contribution is 0.0532. The molecule has 12 heavy (non-hydrogen) atoms. The Morgan fingerprint density at radius 3 is 2.92 bits per heavy atom. The lowest BCUT2D eigenvalue weighted by Gasteiger charge is -1.96. The van der Waals surface area contributed by atoms with Gasteiger partial charge in [-0.2, -0.15) is 0 Å². The number of rotatable bonds is 3. The third-order valence-electron chi connectivity index (χ3n) is 1.29. The van der Waals surface area contributed by atoms with Gasteiger partial charge in [0.05, 0.1) is 13.2 Å². The van der Waals surface area contributed by atoms with Crippen LogP contribution in [0.2, 0.25) is 0 Å². The number of carbonyl (C=O) groups is 1. The summed E-state index contributed by atoms with van der Waals surface area (Å²) in [6.07, 6.45) is 0. The van der Waals surface area contributed by atoms with Gasteiger partial charge in [0.15, 0.2) is 0 Å². The molecule has 0 saturated carbocycles. The molecule has 1 aromatic rings. The van der Waals surface area contributed by atoms with Crippen LogP contribution < -0.4 is 0 Å². The van der Waals surface area contributed by atoms with Gasteiger partial charge in [0.2, 0.25) is 0 Å². The van der Waals surface area contributed by atoms with Crippen LogP contribution in [0.25, 0.3) is 0 Å². The van der Waals surface area contributed by atoms with Crippen LogP contribution in [0.15, 0.2) is 12.1 Å². The molecule has 0 fully saturated rings. The van der Waals surface area contributed by atoms with Gasteiger partial charge in [-0.05, 0) is 19.1 Å².